The van der Waals surface area contributed by atoms with Crippen LogP contribution in [-0.2, 0) is 12.8 Å². The number of anilines is 1. The lowest BCUT2D eigenvalue weighted by atomic mass is 10.2. The van der Waals surface area contributed by atoms with Gasteiger partial charge in [0.25, 0.3) is 5.91 Å². The summed E-state index contributed by atoms with van der Waals surface area (Å²) in [5.74, 6) is -0.192. The molecule has 0 bridgehead atoms. The highest BCUT2D eigenvalue weighted by molar-refractivity contribution is 7.80. The van der Waals surface area contributed by atoms with Gasteiger partial charge in [0.15, 0.2) is 5.11 Å². The normalized spacial score (nSPS) is 12.6. The van der Waals surface area contributed by atoms with Crippen molar-refractivity contribution in [2.75, 3.05) is 5.32 Å². The number of amides is 1. The minimum atomic E-state index is -2.87. The first kappa shape index (κ1) is 17.6. The lowest BCUT2D eigenvalue weighted by Gasteiger charge is -2.11. The smallest absolute Gasteiger partial charge is 0.387 e. The zero-order chi connectivity index (χ0) is 17.8. The van der Waals surface area contributed by atoms with Crippen LogP contribution in [0.25, 0.3) is 0 Å². The number of nitrogens with one attached hydrogen (secondary N) is 3. The van der Waals surface area contributed by atoms with Gasteiger partial charge in [-0.2, -0.15) is 8.78 Å². The minimum absolute atomic E-state index is 0.0541. The van der Waals surface area contributed by atoms with Crippen LogP contribution in [0.15, 0.2) is 30.3 Å². The highest BCUT2D eigenvalue weighted by Gasteiger charge is 2.18. The zero-order valence-electron chi connectivity index (χ0n) is 13.0. The summed E-state index contributed by atoms with van der Waals surface area (Å²) >= 11 is 6.59. The van der Waals surface area contributed by atoms with E-state index in [0.29, 0.717) is 10.6 Å². The predicted octanol–water partition coefficient (Wildman–Crippen LogP) is 3.47. The Labute approximate surface area is 152 Å². The fourth-order valence-corrected chi connectivity index (χ4v) is 3.82. The zero-order valence-corrected chi connectivity index (χ0v) is 14.6. The van der Waals surface area contributed by atoms with Crippen LogP contribution in [0.4, 0.5) is 14.5 Å². The number of carbonyl (C=O) groups excluding carboxylic acids is 1. The highest BCUT2D eigenvalue weighted by atomic mass is 32.1. The third-order valence-corrected chi connectivity index (χ3v) is 5.04. The summed E-state index contributed by atoms with van der Waals surface area (Å²) in [6.07, 6.45) is 3.21. The molecule has 2 aromatic rings. The molecule has 0 saturated carbocycles. The van der Waals surface area contributed by atoms with Crippen molar-refractivity contribution in [3.63, 3.8) is 0 Å². The molecule has 0 saturated heterocycles. The van der Waals surface area contributed by atoms with E-state index < -0.39 is 6.61 Å². The van der Waals surface area contributed by atoms with Crippen LogP contribution in [-0.4, -0.2) is 17.6 Å². The first-order valence-corrected chi connectivity index (χ1v) is 8.77. The number of carbonyl (C=O) groups is 1. The van der Waals surface area contributed by atoms with Gasteiger partial charge >= 0.3 is 6.61 Å². The van der Waals surface area contributed by atoms with E-state index >= 15 is 0 Å². The second-order valence-corrected chi connectivity index (χ2v) is 6.89. The molecule has 1 heterocycles. The van der Waals surface area contributed by atoms with Gasteiger partial charge in [0.2, 0.25) is 0 Å². The van der Waals surface area contributed by atoms with E-state index in [9.17, 15) is 13.6 Å². The average Bonchev–Trinajstić information content (AvgIpc) is 3.15. The Kier molecular flexibility index (Phi) is 5.44. The van der Waals surface area contributed by atoms with E-state index in [2.05, 4.69) is 20.9 Å². The Hall–Kier alpha value is -2.26. The number of benzene rings is 1. The van der Waals surface area contributed by atoms with Crippen LogP contribution in [0, 0.1) is 0 Å². The van der Waals surface area contributed by atoms with Gasteiger partial charge < -0.3 is 10.1 Å². The van der Waals surface area contributed by atoms with E-state index in [1.165, 1.54) is 46.0 Å². The largest absolute Gasteiger partial charge is 0.435 e. The van der Waals surface area contributed by atoms with E-state index in [1.807, 2.05) is 6.07 Å². The molecule has 9 heteroatoms. The van der Waals surface area contributed by atoms with Gasteiger partial charge in [-0.25, -0.2) is 0 Å². The van der Waals surface area contributed by atoms with E-state index in [0.717, 1.165) is 19.3 Å². The first-order valence-electron chi connectivity index (χ1n) is 7.55. The van der Waals surface area contributed by atoms with Gasteiger partial charge in [-0.05, 0) is 67.4 Å². The molecular weight excluding hydrogens is 368 g/mol. The number of aryl methyl sites for hydroxylation is 2. The number of thiocarbonyl (C=S) groups is 1. The average molecular weight is 383 g/mol. The molecule has 3 N–H and O–H groups in total. The molecule has 1 aromatic carbocycles. The number of ether oxygens (including phenoxy) is 1. The summed E-state index contributed by atoms with van der Waals surface area (Å²) in [5.41, 5.74) is 6.98. The lowest BCUT2D eigenvalue weighted by Crippen LogP contribution is -2.43. The number of hydrazine groups is 1. The Morgan fingerprint density at radius 1 is 1.20 bits per heavy atom. The Morgan fingerprint density at radius 3 is 2.64 bits per heavy atom. The van der Waals surface area contributed by atoms with Crippen molar-refractivity contribution >= 4 is 40.3 Å². The van der Waals surface area contributed by atoms with E-state index in [1.54, 1.807) is 0 Å². The molecule has 0 unspecified atom stereocenters. The molecule has 3 rings (SSSR count). The van der Waals surface area contributed by atoms with Crippen LogP contribution in [0.3, 0.4) is 0 Å². The van der Waals surface area contributed by atoms with Gasteiger partial charge in [-0.1, -0.05) is 0 Å². The van der Waals surface area contributed by atoms with Crippen LogP contribution in [0.1, 0.15) is 26.5 Å². The number of rotatable bonds is 4. The first-order chi connectivity index (χ1) is 12.0. The standard InChI is InChI=1S/C16H15F2N3O2S2/c17-15(18)23-11-6-4-10(5-7-11)19-16(24)21-20-14(22)13-8-9-2-1-3-12(9)25-13/h4-8,15H,1-3H2,(H,20,22)(H2,19,21,24). The van der Waals surface area contributed by atoms with Crippen molar-refractivity contribution in [1.82, 2.24) is 10.9 Å². The Morgan fingerprint density at radius 2 is 1.96 bits per heavy atom. The summed E-state index contributed by atoms with van der Waals surface area (Å²) in [7, 11) is 0. The van der Waals surface area contributed by atoms with E-state index in [4.69, 9.17) is 12.2 Å². The number of thiophene rings is 1. The number of fused-ring (bicyclic) bond motifs is 1. The summed E-state index contributed by atoms with van der Waals surface area (Å²) in [4.78, 5) is 14.0. The summed E-state index contributed by atoms with van der Waals surface area (Å²) in [6, 6.07) is 7.78. The molecule has 5 nitrogen and oxygen atoms in total. The molecule has 1 amide bonds. The predicted molar refractivity (Wildman–Crippen MR) is 96.2 cm³/mol. The third kappa shape index (κ3) is 4.64. The van der Waals surface area contributed by atoms with Crippen molar-refractivity contribution in [2.45, 2.75) is 25.9 Å². The van der Waals surface area contributed by atoms with Crippen molar-refractivity contribution < 1.29 is 18.3 Å². The highest BCUT2D eigenvalue weighted by Crippen LogP contribution is 2.30. The van der Waals surface area contributed by atoms with Crippen LogP contribution in [0.2, 0.25) is 0 Å². The molecule has 1 aliphatic carbocycles. The maximum atomic E-state index is 12.1. The molecule has 132 valence electrons. The molecule has 0 aliphatic heterocycles. The van der Waals surface area contributed by atoms with Crippen molar-refractivity contribution in [3.05, 3.63) is 45.6 Å². The Bertz CT molecular complexity index is 757. The molecule has 0 spiro atoms. The number of hydrogen-bond acceptors (Lipinski definition) is 4. The molecule has 25 heavy (non-hydrogen) atoms. The van der Waals surface area contributed by atoms with Gasteiger partial charge in [-0.15, -0.1) is 11.3 Å². The van der Waals surface area contributed by atoms with Crippen molar-refractivity contribution in [3.8, 4) is 5.75 Å². The number of alkyl halides is 2. The number of halogens is 2. The maximum Gasteiger partial charge on any atom is 0.387 e. The molecule has 0 fully saturated rings. The number of hydrogen-bond donors (Lipinski definition) is 3. The summed E-state index contributed by atoms with van der Waals surface area (Å²) in [5, 5.41) is 3.01. The van der Waals surface area contributed by atoms with Crippen molar-refractivity contribution in [1.29, 1.82) is 0 Å². The van der Waals surface area contributed by atoms with Crippen LogP contribution < -0.4 is 20.9 Å². The molecule has 1 aliphatic rings. The topological polar surface area (TPSA) is 62.4 Å². The maximum absolute atomic E-state index is 12.1. The SMILES string of the molecule is O=C(NNC(=S)Nc1ccc(OC(F)F)cc1)c1cc2c(s1)CCC2. The quantitative estimate of drug-likeness (QED) is 0.557. The Balaban J connectivity index is 1.48. The molecular formula is C16H15F2N3O2S2. The third-order valence-electron chi connectivity index (χ3n) is 3.60. The summed E-state index contributed by atoms with van der Waals surface area (Å²) in [6.45, 7) is -2.87. The second kappa shape index (κ2) is 7.75. The van der Waals surface area contributed by atoms with Crippen molar-refractivity contribution in [2.24, 2.45) is 0 Å². The second-order valence-electron chi connectivity index (χ2n) is 5.35. The summed E-state index contributed by atoms with van der Waals surface area (Å²) < 4.78 is 28.4. The monoisotopic (exact) mass is 383 g/mol. The van der Waals surface area contributed by atoms with Crippen LogP contribution in [0.5, 0.6) is 5.75 Å². The fraction of sp³-hybridized carbons (Fsp3) is 0.250. The van der Waals surface area contributed by atoms with Crippen LogP contribution >= 0.6 is 23.6 Å². The van der Waals surface area contributed by atoms with Gasteiger partial charge in [0, 0.05) is 10.6 Å². The molecule has 1 aromatic heterocycles. The lowest BCUT2D eigenvalue weighted by molar-refractivity contribution is -0.0498. The van der Waals surface area contributed by atoms with Gasteiger partial charge in [0.05, 0.1) is 4.88 Å². The molecule has 0 atom stereocenters. The minimum Gasteiger partial charge on any atom is -0.435 e. The van der Waals surface area contributed by atoms with Gasteiger partial charge in [-0.3, -0.25) is 15.6 Å². The van der Waals surface area contributed by atoms with Gasteiger partial charge in [0.1, 0.15) is 5.75 Å². The van der Waals surface area contributed by atoms with E-state index in [-0.39, 0.29) is 16.8 Å². The molecule has 0 radical (unpaired) electrons. The fourth-order valence-electron chi connectivity index (χ4n) is 2.50.